The molecule has 0 radical (unpaired) electrons. The number of amides is 1. The highest BCUT2D eigenvalue weighted by molar-refractivity contribution is 7.90. The lowest BCUT2D eigenvalue weighted by atomic mass is 9.42. The first kappa shape index (κ1) is 32.4. The van der Waals surface area contributed by atoms with Gasteiger partial charge >= 0.3 is 12.5 Å². The first-order valence-electron chi connectivity index (χ1n) is 15.8. The molecule has 0 heterocycles. The minimum absolute atomic E-state index is 0.0394. The van der Waals surface area contributed by atoms with Crippen molar-refractivity contribution < 1.29 is 41.0 Å². The summed E-state index contributed by atoms with van der Waals surface area (Å²) in [6, 6.07) is 3.60. The maximum atomic E-state index is 12.6. The van der Waals surface area contributed by atoms with E-state index < -0.39 is 28.2 Å². The number of rotatable bonds is 7. The zero-order valence-electron chi connectivity index (χ0n) is 25.5. The minimum atomic E-state index is -4.90. The topological polar surface area (TPSA) is 102 Å². The van der Waals surface area contributed by atoms with E-state index in [1.165, 1.54) is 12.8 Å². The fourth-order valence-electron chi connectivity index (χ4n) is 10.3. The van der Waals surface area contributed by atoms with Gasteiger partial charge in [0, 0.05) is 0 Å². The smallest absolute Gasteiger partial charge is 0.449 e. The van der Waals surface area contributed by atoms with Crippen LogP contribution in [0, 0.1) is 52.3 Å². The number of hydrogen-bond donors (Lipinski definition) is 2. The van der Waals surface area contributed by atoms with Crippen LogP contribution in [0.4, 0.5) is 18.0 Å². The number of alkyl halides is 3. The normalized spacial score (nSPS) is 38.3. The van der Waals surface area contributed by atoms with Gasteiger partial charge in [0.1, 0.15) is 5.75 Å². The van der Waals surface area contributed by atoms with E-state index in [-0.39, 0.29) is 34.4 Å². The maximum absolute atomic E-state index is 12.6. The van der Waals surface area contributed by atoms with Crippen LogP contribution in [0.15, 0.2) is 29.2 Å². The number of sulfonamides is 1. The molecule has 4 saturated carbocycles. The second-order valence-electron chi connectivity index (χ2n) is 14.3. The highest BCUT2D eigenvalue weighted by Crippen LogP contribution is 2.69. The molecule has 0 spiro atoms. The Morgan fingerprint density at radius 3 is 2.33 bits per heavy atom. The zero-order valence-corrected chi connectivity index (χ0v) is 26.3. The summed E-state index contributed by atoms with van der Waals surface area (Å²) in [6.45, 7) is 9.37. The molecule has 4 fully saturated rings. The van der Waals surface area contributed by atoms with Gasteiger partial charge in [0.05, 0.1) is 17.6 Å². The third-order valence-electron chi connectivity index (χ3n) is 12.2. The number of carbonyl (C=O) groups excluding carboxylic acids is 1. The predicted molar refractivity (Wildman–Crippen MR) is 154 cm³/mol. The molecule has 4 aliphatic rings. The summed E-state index contributed by atoms with van der Waals surface area (Å²) in [5.41, 5.74) is 0.411. The summed E-state index contributed by atoms with van der Waals surface area (Å²) in [7, 11) is -4.34. The van der Waals surface area contributed by atoms with Gasteiger partial charge in [-0.1, -0.05) is 34.1 Å². The van der Waals surface area contributed by atoms with Crippen molar-refractivity contribution >= 4 is 16.1 Å². The van der Waals surface area contributed by atoms with Gasteiger partial charge in [-0.2, -0.15) is 0 Å². The van der Waals surface area contributed by atoms with Gasteiger partial charge in [-0.25, -0.2) is 17.9 Å². The standard InChI is InChI=1S/C32H46F3NO6S/c1-5-20-16-24-26-11-10-25(30(26,3)15-13-27(24)31(4)14-12-21(37)17-28(20)31)19(2)18-41-29(38)36-43(39,40)23-8-6-22(7-9-23)42-32(33,34)35/h6-9,19-21,24-28,37H,5,10-18H2,1-4H3,(H,36,38)/t19-,20+,21-,24+,25?,26?,27+,28+,30-,31-/m1/s1. The van der Waals surface area contributed by atoms with Crippen LogP contribution in [0.3, 0.4) is 0 Å². The summed E-state index contributed by atoms with van der Waals surface area (Å²) in [5.74, 6) is 3.02. The zero-order chi connectivity index (χ0) is 31.4. The van der Waals surface area contributed by atoms with Gasteiger partial charge in [-0.3, -0.25) is 0 Å². The van der Waals surface area contributed by atoms with Crippen LogP contribution in [0.2, 0.25) is 0 Å². The molecular formula is C32H46F3NO6S. The fourth-order valence-corrected chi connectivity index (χ4v) is 11.1. The van der Waals surface area contributed by atoms with Crippen molar-refractivity contribution in [2.45, 2.75) is 103 Å². The van der Waals surface area contributed by atoms with Gasteiger partial charge in [0.15, 0.2) is 0 Å². The molecule has 1 aromatic carbocycles. The van der Waals surface area contributed by atoms with Crippen molar-refractivity contribution in [2.24, 2.45) is 52.3 Å². The summed E-state index contributed by atoms with van der Waals surface area (Å²) in [6.07, 6.45) is 3.68. The third kappa shape index (κ3) is 6.26. The van der Waals surface area contributed by atoms with Crippen molar-refractivity contribution in [1.29, 1.82) is 0 Å². The number of nitrogens with one attached hydrogen (secondary N) is 1. The quantitative estimate of drug-likeness (QED) is 0.329. The molecule has 1 amide bonds. The average molecular weight is 630 g/mol. The minimum Gasteiger partial charge on any atom is -0.449 e. The molecule has 11 heteroatoms. The van der Waals surface area contributed by atoms with E-state index in [9.17, 15) is 31.5 Å². The van der Waals surface area contributed by atoms with Crippen LogP contribution in [0.5, 0.6) is 5.75 Å². The molecule has 2 N–H and O–H groups in total. The van der Waals surface area contributed by atoms with E-state index in [4.69, 9.17) is 4.74 Å². The van der Waals surface area contributed by atoms with E-state index in [0.29, 0.717) is 35.5 Å². The lowest BCUT2D eigenvalue weighted by molar-refractivity contribution is -0.274. The molecule has 1 aromatic rings. The summed E-state index contributed by atoms with van der Waals surface area (Å²) < 4.78 is 73.5. The van der Waals surface area contributed by atoms with Gasteiger partial charge < -0.3 is 14.6 Å². The number of ether oxygens (including phenoxy) is 2. The van der Waals surface area contributed by atoms with Gasteiger partial charge in [-0.05, 0) is 128 Å². The SMILES string of the molecule is CC[C@H]1C[C@H]2C3CCC([C@H](C)COC(=O)NS(=O)(=O)c4ccc(OC(F)(F)F)cc4)[C@@]3(C)CC[C@@H]2[C@@]2(C)CC[C@@H](O)C[C@@H]12. The Morgan fingerprint density at radius 1 is 1.02 bits per heavy atom. The lowest BCUT2D eigenvalue weighted by Gasteiger charge is -2.63. The Morgan fingerprint density at radius 2 is 1.67 bits per heavy atom. The molecule has 43 heavy (non-hydrogen) atoms. The summed E-state index contributed by atoms with van der Waals surface area (Å²) >= 11 is 0. The van der Waals surface area contributed by atoms with Crippen LogP contribution in [0.25, 0.3) is 0 Å². The molecule has 242 valence electrons. The van der Waals surface area contributed by atoms with E-state index in [1.54, 1.807) is 0 Å². The Balaban J connectivity index is 1.20. The molecule has 0 saturated heterocycles. The molecular weight excluding hydrogens is 583 g/mol. The number of benzene rings is 1. The number of halogens is 3. The van der Waals surface area contributed by atoms with E-state index in [2.05, 4.69) is 32.4 Å². The largest absolute Gasteiger partial charge is 0.573 e. The molecule has 0 aromatic heterocycles. The average Bonchev–Trinajstić information content (AvgIpc) is 3.28. The highest BCUT2D eigenvalue weighted by Gasteiger charge is 2.62. The fraction of sp³-hybridized carbons (Fsp3) is 0.781. The first-order chi connectivity index (χ1) is 20.1. The van der Waals surface area contributed by atoms with Crippen molar-refractivity contribution in [3.63, 3.8) is 0 Å². The molecule has 2 unspecified atom stereocenters. The van der Waals surface area contributed by atoms with Crippen LogP contribution in [-0.2, 0) is 14.8 Å². The number of fused-ring (bicyclic) bond motifs is 5. The maximum Gasteiger partial charge on any atom is 0.573 e. The third-order valence-corrected chi connectivity index (χ3v) is 13.5. The molecule has 4 aliphatic carbocycles. The molecule has 7 nitrogen and oxygen atoms in total. The van der Waals surface area contributed by atoms with Crippen molar-refractivity contribution in [1.82, 2.24) is 4.72 Å². The van der Waals surface area contributed by atoms with Crippen LogP contribution < -0.4 is 9.46 Å². The number of hydrogen-bond acceptors (Lipinski definition) is 6. The molecule has 0 aliphatic heterocycles. The number of aliphatic hydroxyl groups is 1. The summed E-state index contributed by atoms with van der Waals surface area (Å²) in [5, 5.41) is 10.5. The van der Waals surface area contributed by atoms with Gasteiger partial charge in [0.25, 0.3) is 10.0 Å². The number of aliphatic hydroxyl groups excluding tert-OH is 1. The van der Waals surface area contributed by atoms with E-state index >= 15 is 0 Å². The number of carbonyl (C=O) groups is 1. The molecule has 0 bridgehead atoms. The van der Waals surface area contributed by atoms with Crippen molar-refractivity contribution in [3.8, 4) is 5.75 Å². The Kier molecular flexibility index (Phi) is 8.83. The lowest BCUT2D eigenvalue weighted by Crippen LogP contribution is -2.56. The Hall–Kier alpha value is -2.01. The van der Waals surface area contributed by atoms with Crippen LogP contribution in [-0.4, -0.2) is 38.7 Å². The molecule has 5 rings (SSSR count). The van der Waals surface area contributed by atoms with Crippen molar-refractivity contribution in [3.05, 3.63) is 24.3 Å². The second kappa shape index (κ2) is 11.7. The predicted octanol–water partition coefficient (Wildman–Crippen LogP) is 7.29. The van der Waals surface area contributed by atoms with Gasteiger partial charge in [-0.15, -0.1) is 13.2 Å². The highest BCUT2D eigenvalue weighted by atomic mass is 32.2. The van der Waals surface area contributed by atoms with Crippen LogP contribution in [0.1, 0.15) is 85.5 Å². The van der Waals surface area contributed by atoms with Gasteiger partial charge in [0.2, 0.25) is 0 Å². The summed E-state index contributed by atoms with van der Waals surface area (Å²) in [4.78, 5) is 12.1. The molecule has 10 atom stereocenters. The second-order valence-corrected chi connectivity index (χ2v) is 15.9. The van der Waals surface area contributed by atoms with Crippen LogP contribution >= 0.6 is 0 Å². The first-order valence-corrected chi connectivity index (χ1v) is 17.3. The monoisotopic (exact) mass is 629 g/mol. The van der Waals surface area contributed by atoms with E-state index in [1.807, 2.05) is 4.72 Å². The van der Waals surface area contributed by atoms with E-state index in [0.717, 1.165) is 69.2 Å². The Bertz CT molecular complexity index is 1270. The van der Waals surface area contributed by atoms with Crippen molar-refractivity contribution in [2.75, 3.05) is 6.61 Å². The Labute approximate surface area is 253 Å².